The van der Waals surface area contributed by atoms with Crippen LogP contribution in [-0.4, -0.2) is 27.4 Å². The predicted octanol–water partition coefficient (Wildman–Crippen LogP) is 7.19. The fraction of sp³-hybridized carbons (Fsp3) is 0.212. The molecule has 3 amide bonds. The molecule has 10 heteroatoms. The van der Waals surface area contributed by atoms with Crippen LogP contribution < -0.4 is 15.5 Å². The number of amides is 3. The number of aromatic nitrogens is 1. The molecule has 0 saturated carbocycles. The quantitative estimate of drug-likeness (QED) is 0.134. The van der Waals surface area contributed by atoms with Gasteiger partial charge >= 0.3 is 0 Å². The van der Waals surface area contributed by atoms with Gasteiger partial charge in [0.1, 0.15) is 10.6 Å². The van der Waals surface area contributed by atoms with Gasteiger partial charge in [-0.1, -0.05) is 33.6 Å². The molecule has 0 bridgehead atoms. The summed E-state index contributed by atoms with van der Waals surface area (Å²) < 4.78 is 2.93. The third kappa shape index (κ3) is 5.50. The van der Waals surface area contributed by atoms with Crippen molar-refractivity contribution in [3.63, 3.8) is 0 Å². The lowest BCUT2D eigenvalue weighted by molar-refractivity contribution is -0.122. The Labute approximate surface area is 267 Å². The highest BCUT2D eigenvalue weighted by Crippen LogP contribution is 2.39. The molecule has 1 fully saturated rings. The summed E-state index contributed by atoms with van der Waals surface area (Å²) in [5.74, 6) is -1.17. The van der Waals surface area contributed by atoms with Gasteiger partial charge in [-0.05, 0) is 118 Å². The van der Waals surface area contributed by atoms with Gasteiger partial charge in [0.25, 0.3) is 17.7 Å². The number of nitrogens with zero attached hydrogens (tertiary/aromatic N) is 2. The van der Waals surface area contributed by atoms with E-state index in [4.69, 9.17) is 12.2 Å². The van der Waals surface area contributed by atoms with E-state index in [1.165, 1.54) is 9.78 Å². The number of hydrogen-bond donors (Lipinski definition) is 2. The molecule has 2 N–H and O–H groups in total. The number of anilines is 2. The smallest absolute Gasteiger partial charge is 0.270 e. The molecule has 0 spiro atoms. The number of fused-ring (bicyclic) bond motifs is 1. The lowest BCUT2D eigenvalue weighted by Crippen LogP contribution is -2.54. The van der Waals surface area contributed by atoms with Crippen LogP contribution in [0.5, 0.6) is 0 Å². The van der Waals surface area contributed by atoms with Gasteiger partial charge in [0.2, 0.25) is 0 Å². The van der Waals surface area contributed by atoms with Crippen molar-refractivity contribution in [1.29, 1.82) is 0 Å². The second-order valence-corrected chi connectivity index (χ2v) is 13.2. The number of halogens is 1. The van der Waals surface area contributed by atoms with Crippen molar-refractivity contribution >= 4 is 79.8 Å². The van der Waals surface area contributed by atoms with Gasteiger partial charge in [0, 0.05) is 26.4 Å². The molecule has 2 aromatic heterocycles. The number of aryl methyl sites for hydroxylation is 3. The summed E-state index contributed by atoms with van der Waals surface area (Å²) in [6.45, 7) is 5.93. The van der Waals surface area contributed by atoms with Gasteiger partial charge in [0.15, 0.2) is 5.11 Å². The highest BCUT2D eigenvalue weighted by Gasteiger charge is 2.35. The average Bonchev–Trinajstić information content (AvgIpc) is 3.48. The van der Waals surface area contributed by atoms with Crippen LogP contribution in [0.25, 0.3) is 11.1 Å². The predicted molar refractivity (Wildman–Crippen MR) is 179 cm³/mol. The molecular formula is C33H29BrN4O3S2. The molecule has 0 atom stereocenters. The first-order chi connectivity index (χ1) is 20.6. The Morgan fingerprint density at radius 3 is 2.44 bits per heavy atom. The molecule has 7 nitrogen and oxygen atoms in total. The summed E-state index contributed by atoms with van der Waals surface area (Å²) in [5.41, 5.74) is 6.67. The largest absolute Gasteiger partial charge is 0.322 e. The summed E-state index contributed by atoms with van der Waals surface area (Å²) in [7, 11) is 0. The fourth-order valence-corrected chi connectivity index (χ4v) is 7.70. The minimum atomic E-state index is -0.544. The molecule has 3 heterocycles. The van der Waals surface area contributed by atoms with Crippen LogP contribution in [0.15, 0.2) is 64.6 Å². The Hall–Kier alpha value is -3.86. The molecule has 0 unspecified atom stereocenters. The van der Waals surface area contributed by atoms with E-state index >= 15 is 0 Å². The number of rotatable bonds is 5. The summed E-state index contributed by atoms with van der Waals surface area (Å²) in [4.78, 5) is 43.0. The van der Waals surface area contributed by atoms with E-state index in [1.54, 1.807) is 29.5 Å². The number of carbonyl (C=O) groups excluding carboxylic acids is 3. The number of nitrogens with one attached hydrogen (secondary N) is 2. The maximum atomic E-state index is 13.8. The first kappa shape index (κ1) is 29.2. The Bertz CT molecular complexity index is 1830. The lowest BCUT2D eigenvalue weighted by Gasteiger charge is -2.29. The van der Waals surface area contributed by atoms with Crippen molar-refractivity contribution < 1.29 is 14.4 Å². The van der Waals surface area contributed by atoms with Gasteiger partial charge in [-0.3, -0.25) is 24.6 Å². The van der Waals surface area contributed by atoms with Crippen LogP contribution in [0, 0.1) is 20.8 Å². The highest BCUT2D eigenvalue weighted by atomic mass is 79.9. The summed E-state index contributed by atoms with van der Waals surface area (Å²) in [6, 6.07) is 16.9. The van der Waals surface area contributed by atoms with E-state index < -0.39 is 11.8 Å². The van der Waals surface area contributed by atoms with E-state index in [0.29, 0.717) is 11.3 Å². The van der Waals surface area contributed by atoms with Crippen molar-refractivity contribution in [2.24, 2.45) is 0 Å². The number of thiophene rings is 1. The number of carbonyl (C=O) groups is 3. The Balaban J connectivity index is 1.40. The maximum absolute atomic E-state index is 13.8. The molecule has 1 saturated heterocycles. The maximum Gasteiger partial charge on any atom is 0.270 e. The van der Waals surface area contributed by atoms with Crippen LogP contribution in [0.1, 0.15) is 56.2 Å². The number of hydrogen-bond acceptors (Lipinski definition) is 5. The summed E-state index contributed by atoms with van der Waals surface area (Å²) in [6.07, 6.45) is 5.56. The zero-order chi connectivity index (χ0) is 30.4. The van der Waals surface area contributed by atoms with Crippen LogP contribution >= 0.6 is 39.5 Å². The van der Waals surface area contributed by atoms with Crippen molar-refractivity contribution in [3.05, 3.63) is 103 Å². The minimum Gasteiger partial charge on any atom is -0.322 e. The van der Waals surface area contributed by atoms with Crippen molar-refractivity contribution in [1.82, 2.24) is 9.88 Å². The standard InChI is InChI=1S/C33H29BrN4O3S2/c1-18-8-12-23(13-9-18)35-30(40)28-25-6-4-5-7-27(25)43-32(28)37-19(2)16-21(20(37)3)17-26-29(39)36-33(42)38(31(26)41)24-14-10-22(34)11-15-24/h8-17H,4-7H2,1-3H3,(H,35,40)(H,36,39,42)/b26-17+. The number of benzene rings is 2. The van der Waals surface area contributed by atoms with E-state index in [-0.39, 0.29) is 16.6 Å². The topological polar surface area (TPSA) is 83.4 Å². The third-order valence-electron chi connectivity index (χ3n) is 7.85. The van der Waals surface area contributed by atoms with E-state index in [0.717, 1.165) is 68.9 Å². The summed E-state index contributed by atoms with van der Waals surface area (Å²) in [5, 5.41) is 6.66. The fourth-order valence-electron chi connectivity index (χ4n) is 5.66. The third-order valence-corrected chi connectivity index (χ3v) is 9.94. The second-order valence-electron chi connectivity index (χ2n) is 10.8. The van der Waals surface area contributed by atoms with Crippen LogP contribution in [-0.2, 0) is 22.4 Å². The molecule has 6 rings (SSSR count). The van der Waals surface area contributed by atoms with Crippen molar-refractivity contribution in [2.75, 3.05) is 10.2 Å². The normalized spacial score (nSPS) is 16.0. The average molecular weight is 674 g/mol. The van der Waals surface area contributed by atoms with E-state index in [2.05, 4.69) is 31.1 Å². The molecule has 4 aromatic rings. The Kier molecular flexibility index (Phi) is 7.93. The van der Waals surface area contributed by atoms with Crippen LogP contribution in [0.3, 0.4) is 0 Å². The molecule has 43 heavy (non-hydrogen) atoms. The van der Waals surface area contributed by atoms with Gasteiger partial charge in [-0.25, -0.2) is 0 Å². The van der Waals surface area contributed by atoms with E-state index in [1.807, 2.05) is 63.2 Å². The van der Waals surface area contributed by atoms with Crippen LogP contribution in [0.4, 0.5) is 11.4 Å². The Morgan fingerprint density at radius 2 is 1.72 bits per heavy atom. The molecule has 1 aliphatic carbocycles. The highest BCUT2D eigenvalue weighted by molar-refractivity contribution is 9.10. The van der Waals surface area contributed by atoms with Gasteiger partial charge in [-0.15, -0.1) is 11.3 Å². The van der Waals surface area contributed by atoms with E-state index in [9.17, 15) is 14.4 Å². The van der Waals surface area contributed by atoms with Gasteiger partial charge in [-0.2, -0.15) is 0 Å². The molecule has 0 radical (unpaired) electrons. The zero-order valence-corrected chi connectivity index (χ0v) is 27.1. The monoisotopic (exact) mass is 672 g/mol. The van der Waals surface area contributed by atoms with Gasteiger partial charge < -0.3 is 9.88 Å². The molecule has 218 valence electrons. The van der Waals surface area contributed by atoms with Crippen molar-refractivity contribution in [2.45, 2.75) is 46.5 Å². The van der Waals surface area contributed by atoms with Crippen molar-refractivity contribution in [3.8, 4) is 5.00 Å². The minimum absolute atomic E-state index is 0.0143. The first-order valence-corrected chi connectivity index (χ1v) is 16.0. The molecular weight excluding hydrogens is 644 g/mol. The lowest BCUT2D eigenvalue weighted by atomic mass is 9.95. The summed E-state index contributed by atoms with van der Waals surface area (Å²) >= 11 is 10.4. The SMILES string of the molecule is Cc1ccc(NC(=O)c2c(-n3c(C)cc(/C=C4\C(=O)NC(=S)N(c5ccc(Br)cc5)C4=O)c3C)sc3c2CCCC3)cc1. The first-order valence-electron chi connectivity index (χ1n) is 14.0. The van der Waals surface area contributed by atoms with Gasteiger partial charge in [0.05, 0.1) is 11.3 Å². The zero-order valence-electron chi connectivity index (χ0n) is 23.9. The Morgan fingerprint density at radius 1 is 1.02 bits per heavy atom. The molecule has 1 aliphatic heterocycles. The second kappa shape index (κ2) is 11.7. The van der Waals surface area contributed by atoms with Crippen LogP contribution in [0.2, 0.25) is 0 Å². The molecule has 2 aliphatic rings. The number of thiocarbonyl (C=S) groups is 1. The molecule has 2 aromatic carbocycles.